The second kappa shape index (κ2) is 2.54. The highest BCUT2D eigenvalue weighted by Gasteiger charge is 2.32. The van der Waals surface area contributed by atoms with Crippen molar-refractivity contribution in [3.63, 3.8) is 0 Å². The van der Waals surface area contributed by atoms with Gasteiger partial charge in [-0.05, 0) is 18.3 Å². The molecule has 0 bridgehead atoms. The second-order valence-electron chi connectivity index (χ2n) is 4.22. The van der Waals surface area contributed by atoms with Crippen molar-refractivity contribution < 1.29 is 5.11 Å². The van der Waals surface area contributed by atoms with Gasteiger partial charge in [-0.15, -0.1) is 11.3 Å². The lowest BCUT2D eigenvalue weighted by atomic mass is 9.77. The molecule has 2 nitrogen and oxygen atoms in total. The van der Waals surface area contributed by atoms with Gasteiger partial charge in [0.25, 0.3) is 0 Å². The van der Waals surface area contributed by atoms with Crippen LogP contribution in [-0.2, 0) is 6.42 Å². The quantitative estimate of drug-likeness (QED) is 0.668. The molecule has 0 saturated heterocycles. The third-order valence-electron chi connectivity index (χ3n) is 2.37. The molecule has 0 saturated carbocycles. The second-order valence-corrected chi connectivity index (χ2v) is 5.11. The van der Waals surface area contributed by atoms with Gasteiger partial charge in [0.1, 0.15) is 0 Å². The molecule has 0 radical (unpaired) electrons. The van der Waals surface area contributed by atoms with Gasteiger partial charge in [0.05, 0.1) is 22.2 Å². The Hall–Kier alpha value is -0.410. The molecule has 1 aromatic heterocycles. The van der Waals surface area contributed by atoms with E-state index in [-0.39, 0.29) is 11.5 Å². The summed E-state index contributed by atoms with van der Waals surface area (Å²) in [6.07, 6.45) is 1.58. The summed E-state index contributed by atoms with van der Waals surface area (Å²) >= 11 is 1.57. The fourth-order valence-corrected chi connectivity index (χ4v) is 2.62. The minimum absolute atomic E-state index is 0.209. The van der Waals surface area contributed by atoms with Crippen LogP contribution in [0.25, 0.3) is 0 Å². The van der Waals surface area contributed by atoms with Gasteiger partial charge in [-0.2, -0.15) is 0 Å². The Bertz CT molecular complexity index is 292. The van der Waals surface area contributed by atoms with E-state index in [1.807, 2.05) is 5.51 Å². The van der Waals surface area contributed by atoms with Crippen molar-refractivity contribution in [1.29, 1.82) is 0 Å². The summed E-state index contributed by atoms with van der Waals surface area (Å²) in [6.45, 7) is 4.36. The first-order chi connectivity index (χ1) is 5.58. The highest BCUT2D eigenvalue weighted by molar-refractivity contribution is 7.09. The molecule has 3 heteroatoms. The van der Waals surface area contributed by atoms with Crippen molar-refractivity contribution in [2.45, 2.75) is 32.8 Å². The summed E-state index contributed by atoms with van der Waals surface area (Å²) in [5.41, 5.74) is 3.14. The van der Waals surface area contributed by atoms with Crippen molar-refractivity contribution in [2.75, 3.05) is 0 Å². The largest absolute Gasteiger partial charge is 0.387 e. The maximum absolute atomic E-state index is 9.76. The van der Waals surface area contributed by atoms with E-state index in [1.54, 1.807) is 11.3 Å². The zero-order valence-electron chi connectivity index (χ0n) is 7.37. The minimum atomic E-state index is -0.281. The number of thiazole rings is 1. The van der Waals surface area contributed by atoms with E-state index < -0.39 is 0 Å². The van der Waals surface area contributed by atoms with Crippen LogP contribution in [-0.4, -0.2) is 10.1 Å². The van der Waals surface area contributed by atoms with Crippen LogP contribution in [0.5, 0.6) is 0 Å². The van der Waals surface area contributed by atoms with Gasteiger partial charge >= 0.3 is 0 Å². The maximum atomic E-state index is 9.76. The van der Waals surface area contributed by atoms with Crippen LogP contribution in [0.15, 0.2) is 5.51 Å². The highest BCUT2D eigenvalue weighted by Crippen LogP contribution is 2.41. The van der Waals surface area contributed by atoms with E-state index in [4.69, 9.17) is 0 Å². The monoisotopic (exact) mass is 183 g/mol. The molecule has 1 aliphatic rings. The molecule has 1 N–H and O–H groups in total. The first-order valence-corrected chi connectivity index (χ1v) is 5.07. The molecule has 1 aromatic rings. The molecule has 1 heterocycles. The van der Waals surface area contributed by atoms with Crippen LogP contribution < -0.4 is 0 Å². The Morgan fingerprint density at radius 3 is 3.17 bits per heavy atom. The van der Waals surface area contributed by atoms with Gasteiger partial charge in [-0.1, -0.05) is 13.8 Å². The van der Waals surface area contributed by atoms with Gasteiger partial charge in [-0.25, -0.2) is 4.98 Å². The molecule has 1 atom stereocenters. The Morgan fingerprint density at radius 1 is 1.67 bits per heavy atom. The van der Waals surface area contributed by atoms with E-state index in [0.29, 0.717) is 0 Å². The molecular weight excluding hydrogens is 170 g/mol. The Labute approximate surface area is 76.3 Å². The van der Waals surface area contributed by atoms with Crippen LogP contribution >= 0.6 is 11.3 Å². The van der Waals surface area contributed by atoms with Crippen LogP contribution in [0.3, 0.4) is 0 Å². The van der Waals surface area contributed by atoms with Crippen LogP contribution in [0.1, 0.15) is 36.9 Å². The fraction of sp³-hybridized carbons (Fsp3) is 0.667. The first kappa shape index (κ1) is 8.20. The van der Waals surface area contributed by atoms with Gasteiger partial charge in [0.2, 0.25) is 0 Å². The number of aliphatic hydroxyl groups is 1. The van der Waals surface area contributed by atoms with E-state index in [9.17, 15) is 5.11 Å². The lowest BCUT2D eigenvalue weighted by Gasteiger charge is -2.31. The maximum Gasteiger partial charge on any atom is 0.0906 e. The summed E-state index contributed by atoms with van der Waals surface area (Å²) in [4.78, 5) is 5.34. The number of rotatable bonds is 0. The summed E-state index contributed by atoms with van der Waals surface area (Å²) in [5.74, 6) is 0. The lowest BCUT2D eigenvalue weighted by Crippen LogP contribution is -2.24. The molecule has 0 aromatic carbocycles. The number of hydrogen-bond acceptors (Lipinski definition) is 3. The van der Waals surface area contributed by atoms with Crippen LogP contribution in [0.2, 0.25) is 0 Å². The number of nitrogens with zero attached hydrogens (tertiary/aromatic N) is 1. The molecule has 12 heavy (non-hydrogen) atoms. The number of aromatic nitrogens is 1. The fourth-order valence-electron chi connectivity index (χ4n) is 1.82. The first-order valence-electron chi connectivity index (χ1n) is 4.19. The Balaban J connectivity index is 2.38. The summed E-state index contributed by atoms with van der Waals surface area (Å²) in [7, 11) is 0. The summed E-state index contributed by atoms with van der Waals surface area (Å²) < 4.78 is 0. The lowest BCUT2D eigenvalue weighted by molar-refractivity contribution is 0.102. The van der Waals surface area contributed by atoms with Gasteiger partial charge in [-0.3, -0.25) is 0 Å². The summed E-state index contributed by atoms with van der Waals surface area (Å²) in [6, 6.07) is 0. The Morgan fingerprint density at radius 2 is 2.42 bits per heavy atom. The van der Waals surface area contributed by atoms with Crippen LogP contribution in [0, 0.1) is 5.41 Å². The molecule has 0 spiro atoms. The molecule has 2 rings (SSSR count). The van der Waals surface area contributed by atoms with E-state index in [1.165, 1.54) is 0 Å². The standard InChI is InChI=1S/C9H13NOS/c1-9(2)3-6-8(7(11)4-9)12-5-10-6/h5,7,11H,3-4H2,1-2H3. The van der Waals surface area contributed by atoms with Crippen molar-refractivity contribution in [3.8, 4) is 0 Å². The zero-order chi connectivity index (χ0) is 8.77. The third kappa shape index (κ3) is 1.27. The predicted octanol–water partition coefficient (Wildman–Crippen LogP) is 2.15. The third-order valence-corrected chi connectivity index (χ3v) is 3.34. The smallest absolute Gasteiger partial charge is 0.0906 e. The molecule has 0 amide bonds. The molecule has 0 aliphatic heterocycles. The van der Waals surface area contributed by atoms with Gasteiger partial charge < -0.3 is 5.11 Å². The van der Waals surface area contributed by atoms with Crippen molar-refractivity contribution in [1.82, 2.24) is 4.98 Å². The zero-order valence-corrected chi connectivity index (χ0v) is 8.19. The van der Waals surface area contributed by atoms with E-state index >= 15 is 0 Å². The molecular formula is C9H13NOS. The SMILES string of the molecule is CC1(C)Cc2ncsc2C(O)C1. The topological polar surface area (TPSA) is 33.1 Å². The van der Waals surface area contributed by atoms with E-state index in [0.717, 1.165) is 23.4 Å². The predicted molar refractivity (Wildman–Crippen MR) is 49.2 cm³/mol. The number of fused-ring (bicyclic) bond motifs is 1. The molecule has 1 unspecified atom stereocenters. The highest BCUT2D eigenvalue weighted by atomic mass is 32.1. The van der Waals surface area contributed by atoms with E-state index in [2.05, 4.69) is 18.8 Å². The van der Waals surface area contributed by atoms with Gasteiger partial charge in [0.15, 0.2) is 0 Å². The van der Waals surface area contributed by atoms with Crippen molar-refractivity contribution in [2.24, 2.45) is 5.41 Å². The molecule has 0 fully saturated rings. The normalized spacial score (nSPS) is 26.8. The van der Waals surface area contributed by atoms with Crippen molar-refractivity contribution >= 4 is 11.3 Å². The Kier molecular flexibility index (Phi) is 1.73. The summed E-state index contributed by atoms with van der Waals surface area (Å²) in [5, 5.41) is 9.76. The number of aliphatic hydroxyl groups excluding tert-OH is 1. The molecule has 1 aliphatic carbocycles. The molecule has 66 valence electrons. The number of hydrogen-bond donors (Lipinski definition) is 1. The van der Waals surface area contributed by atoms with Crippen molar-refractivity contribution in [3.05, 3.63) is 16.1 Å². The average molecular weight is 183 g/mol. The average Bonchev–Trinajstić information content (AvgIpc) is 2.31. The minimum Gasteiger partial charge on any atom is -0.387 e. The van der Waals surface area contributed by atoms with Crippen LogP contribution in [0.4, 0.5) is 0 Å². The van der Waals surface area contributed by atoms with Gasteiger partial charge in [0, 0.05) is 0 Å².